The van der Waals surface area contributed by atoms with Crippen molar-refractivity contribution >= 4 is 5.78 Å². The molecule has 0 aliphatic rings. The average Bonchev–Trinajstić information content (AvgIpc) is 1.86. The molecule has 0 amide bonds. The Bertz CT molecular complexity index is 122. The minimum atomic E-state index is -0.187. The lowest BCUT2D eigenvalue weighted by atomic mass is 9.88. The Morgan fingerprint density at radius 2 is 1.91 bits per heavy atom. The Kier molecular flexibility index (Phi) is 4.34. The van der Waals surface area contributed by atoms with E-state index in [1.807, 2.05) is 20.8 Å². The predicted molar refractivity (Wildman–Crippen MR) is 45.6 cm³/mol. The van der Waals surface area contributed by atoms with Gasteiger partial charge in [0.2, 0.25) is 0 Å². The maximum Gasteiger partial charge on any atom is 0.138 e. The van der Waals surface area contributed by atoms with Crippen molar-refractivity contribution in [1.29, 1.82) is 0 Å². The van der Waals surface area contributed by atoms with Crippen LogP contribution in [0.3, 0.4) is 0 Å². The molecule has 0 bridgehead atoms. The van der Waals surface area contributed by atoms with Gasteiger partial charge < -0.3 is 4.74 Å². The Hall–Kier alpha value is -0.370. The van der Waals surface area contributed by atoms with Crippen molar-refractivity contribution in [1.82, 2.24) is 0 Å². The van der Waals surface area contributed by atoms with Crippen LogP contribution in [-0.2, 0) is 9.53 Å². The fourth-order valence-electron chi connectivity index (χ4n) is 0.752. The maximum absolute atomic E-state index is 11.3. The summed E-state index contributed by atoms with van der Waals surface area (Å²) in [5.41, 5.74) is -0.187. The van der Waals surface area contributed by atoms with Crippen LogP contribution in [0.4, 0.5) is 0 Å². The summed E-state index contributed by atoms with van der Waals surface area (Å²) in [5.74, 6) is 0.314. The number of ether oxygens (including phenoxy) is 1. The first kappa shape index (κ1) is 10.6. The van der Waals surface area contributed by atoms with Crippen LogP contribution < -0.4 is 0 Å². The quantitative estimate of drug-likeness (QED) is 0.585. The second kappa shape index (κ2) is 4.50. The Balaban J connectivity index is 3.54. The standard InChI is InChI=1S/C9H18O2/c1-9(2,3)8(10)6-5-7-11-4/h5-7H2,1-4H3. The second-order valence-electron chi connectivity index (χ2n) is 3.77. The summed E-state index contributed by atoms with van der Waals surface area (Å²) in [5, 5.41) is 0. The molecule has 0 heterocycles. The molecule has 0 saturated heterocycles. The van der Waals surface area contributed by atoms with E-state index in [1.165, 1.54) is 0 Å². The molecule has 0 saturated carbocycles. The Labute approximate surface area is 68.9 Å². The van der Waals surface area contributed by atoms with Crippen LogP contribution >= 0.6 is 0 Å². The van der Waals surface area contributed by atoms with E-state index < -0.39 is 0 Å². The molecule has 0 N–H and O–H groups in total. The number of carbonyl (C=O) groups is 1. The van der Waals surface area contributed by atoms with Gasteiger partial charge >= 0.3 is 0 Å². The topological polar surface area (TPSA) is 26.3 Å². The SMILES string of the molecule is COCCCC(=O)C(C)(C)C. The molecule has 0 radical (unpaired) electrons. The summed E-state index contributed by atoms with van der Waals surface area (Å²) in [6, 6.07) is 0. The van der Waals surface area contributed by atoms with Gasteiger partial charge in [-0.05, 0) is 6.42 Å². The molecular weight excluding hydrogens is 140 g/mol. The van der Waals surface area contributed by atoms with Gasteiger partial charge in [0.25, 0.3) is 0 Å². The van der Waals surface area contributed by atoms with Gasteiger partial charge in [-0.2, -0.15) is 0 Å². The van der Waals surface area contributed by atoms with E-state index >= 15 is 0 Å². The van der Waals surface area contributed by atoms with Crippen molar-refractivity contribution in [3.63, 3.8) is 0 Å². The zero-order chi connectivity index (χ0) is 8.91. The normalized spacial score (nSPS) is 11.6. The molecule has 0 aliphatic carbocycles. The van der Waals surface area contributed by atoms with Crippen LogP contribution in [0.5, 0.6) is 0 Å². The van der Waals surface area contributed by atoms with Gasteiger partial charge in [0.15, 0.2) is 0 Å². The first-order valence-electron chi connectivity index (χ1n) is 4.00. The van der Waals surface area contributed by atoms with Gasteiger partial charge in [0, 0.05) is 25.6 Å². The number of rotatable bonds is 4. The first-order valence-corrected chi connectivity index (χ1v) is 4.00. The molecule has 0 aliphatic heterocycles. The Morgan fingerprint density at radius 1 is 1.36 bits per heavy atom. The van der Waals surface area contributed by atoms with Crippen molar-refractivity contribution in [2.75, 3.05) is 13.7 Å². The highest BCUT2D eigenvalue weighted by Gasteiger charge is 2.19. The maximum atomic E-state index is 11.3. The van der Waals surface area contributed by atoms with E-state index in [0.29, 0.717) is 18.8 Å². The molecule has 0 rings (SSSR count). The zero-order valence-electron chi connectivity index (χ0n) is 7.94. The lowest BCUT2D eigenvalue weighted by Gasteiger charge is -2.15. The number of hydrogen-bond donors (Lipinski definition) is 0. The molecule has 0 aromatic heterocycles. The third-order valence-corrected chi connectivity index (χ3v) is 1.59. The molecule has 66 valence electrons. The molecule has 0 fully saturated rings. The van der Waals surface area contributed by atoms with Gasteiger partial charge in [-0.25, -0.2) is 0 Å². The van der Waals surface area contributed by atoms with Crippen molar-refractivity contribution in [2.45, 2.75) is 33.6 Å². The summed E-state index contributed by atoms with van der Waals surface area (Å²) in [6.07, 6.45) is 1.48. The highest BCUT2D eigenvalue weighted by atomic mass is 16.5. The van der Waals surface area contributed by atoms with Gasteiger partial charge in [-0.3, -0.25) is 4.79 Å². The van der Waals surface area contributed by atoms with Crippen LogP contribution in [0, 0.1) is 5.41 Å². The molecule has 2 nitrogen and oxygen atoms in total. The van der Waals surface area contributed by atoms with Gasteiger partial charge in [0.05, 0.1) is 0 Å². The third kappa shape index (κ3) is 4.96. The van der Waals surface area contributed by atoms with Crippen molar-refractivity contribution in [3.8, 4) is 0 Å². The molecule has 0 spiro atoms. The minimum absolute atomic E-state index is 0.187. The minimum Gasteiger partial charge on any atom is -0.385 e. The van der Waals surface area contributed by atoms with E-state index in [2.05, 4.69) is 0 Å². The molecular formula is C9H18O2. The van der Waals surface area contributed by atoms with Crippen molar-refractivity contribution in [3.05, 3.63) is 0 Å². The van der Waals surface area contributed by atoms with Crippen LogP contribution in [0.2, 0.25) is 0 Å². The number of hydrogen-bond acceptors (Lipinski definition) is 2. The zero-order valence-corrected chi connectivity index (χ0v) is 7.94. The molecule has 0 aromatic rings. The summed E-state index contributed by atoms with van der Waals surface area (Å²) < 4.78 is 4.85. The highest BCUT2D eigenvalue weighted by molar-refractivity contribution is 5.83. The lowest BCUT2D eigenvalue weighted by molar-refractivity contribution is -0.126. The number of methoxy groups -OCH3 is 1. The molecule has 0 aromatic carbocycles. The smallest absolute Gasteiger partial charge is 0.138 e. The van der Waals surface area contributed by atoms with Crippen LogP contribution in [0.1, 0.15) is 33.6 Å². The summed E-state index contributed by atoms with van der Waals surface area (Å²) in [7, 11) is 1.65. The largest absolute Gasteiger partial charge is 0.385 e. The number of ketones is 1. The molecule has 2 heteroatoms. The van der Waals surface area contributed by atoms with E-state index in [1.54, 1.807) is 7.11 Å². The van der Waals surface area contributed by atoms with Crippen molar-refractivity contribution < 1.29 is 9.53 Å². The van der Waals surface area contributed by atoms with Gasteiger partial charge in [-0.15, -0.1) is 0 Å². The van der Waals surface area contributed by atoms with Gasteiger partial charge in [-0.1, -0.05) is 20.8 Å². The second-order valence-corrected chi connectivity index (χ2v) is 3.77. The fraction of sp³-hybridized carbons (Fsp3) is 0.889. The van der Waals surface area contributed by atoms with E-state index in [9.17, 15) is 4.79 Å². The highest BCUT2D eigenvalue weighted by Crippen LogP contribution is 2.17. The van der Waals surface area contributed by atoms with E-state index in [4.69, 9.17) is 4.74 Å². The summed E-state index contributed by atoms with van der Waals surface area (Å²) >= 11 is 0. The van der Waals surface area contributed by atoms with Crippen LogP contribution in [-0.4, -0.2) is 19.5 Å². The van der Waals surface area contributed by atoms with E-state index in [-0.39, 0.29) is 5.41 Å². The molecule has 0 atom stereocenters. The van der Waals surface area contributed by atoms with Crippen LogP contribution in [0.25, 0.3) is 0 Å². The van der Waals surface area contributed by atoms with Gasteiger partial charge in [0.1, 0.15) is 5.78 Å². The summed E-state index contributed by atoms with van der Waals surface area (Å²) in [6.45, 7) is 6.52. The van der Waals surface area contributed by atoms with Crippen LogP contribution in [0.15, 0.2) is 0 Å². The van der Waals surface area contributed by atoms with E-state index in [0.717, 1.165) is 6.42 Å². The lowest BCUT2D eigenvalue weighted by Crippen LogP contribution is -2.20. The third-order valence-electron chi connectivity index (χ3n) is 1.59. The van der Waals surface area contributed by atoms with Crippen molar-refractivity contribution in [2.24, 2.45) is 5.41 Å². The molecule has 0 unspecified atom stereocenters. The summed E-state index contributed by atoms with van der Waals surface area (Å²) in [4.78, 5) is 11.3. The fourth-order valence-corrected chi connectivity index (χ4v) is 0.752. The number of Topliss-reactive ketones (excluding diaryl/α,β-unsaturated/α-hetero) is 1. The Morgan fingerprint density at radius 3 is 2.27 bits per heavy atom. The first-order chi connectivity index (χ1) is 4.98. The predicted octanol–water partition coefficient (Wildman–Crippen LogP) is 2.03. The molecule has 11 heavy (non-hydrogen) atoms. The average molecular weight is 158 g/mol. The number of carbonyl (C=O) groups excluding carboxylic acids is 1. The monoisotopic (exact) mass is 158 g/mol.